The number of carbonyl (C=O) groups is 2. The Kier molecular flexibility index (Phi) is 5.58. The molecule has 0 aliphatic heterocycles. The largest absolute Gasteiger partial charge is 0.394 e. The van der Waals surface area contributed by atoms with Crippen LogP contribution in [0.15, 0.2) is 22.7 Å². The van der Waals surface area contributed by atoms with E-state index in [-0.39, 0.29) is 59.4 Å². The van der Waals surface area contributed by atoms with Gasteiger partial charge in [0.05, 0.1) is 17.5 Å². The van der Waals surface area contributed by atoms with Crippen molar-refractivity contribution < 1.29 is 36.1 Å². The van der Waals surface area contributed by atoms with Crippen molar-refractivity contribution in [1.29, 1.82) is 0 Å². The fourth-order valence-corrected chi connectivity index (χ4v) is 5.48. The zero-order chi connectivity index (χ0) is 27.8. The third-order valence-electron chi connectivity index (χ3n) is 7.40. The van der Waals surface area contributed by atoms with E-state index in [1.807, 2.05) is 0 Å². The highest BCUT2D eigenvalue weighted by molar-refractivity contribution is 6.03. The van der Waals surface area contributed by atoms with E-state index in [2.05, 4.69) is 15.6 Å². The Morgan fingerprint density at radius 2 is 1.84 bits per heavy atom. The minimum absolute atomic E-state index is 0.0845. The Hall–Kier alpha value is -3.97. The standard InChI is InChI=1S/C24H23F5N6O3/c1-10(2)35-20(30)16(21(31)37)19(33-35)12-4-3-11(17(25)18(12)26)5-14(36)32-15-6-13(34-38-15)22-7-23(8-22,9-22)24(27,28)29/h3-4,6,10H,5,7-9,30H2,1-2H3,(H2,31,37)(H,32,36). The summed E-state index contributed by atoms with van der Waals surface area (Å²) in [7, 11) is 0. The number of nitrogens with zero attached hydrogens (tertiary/aromatic N) is 3. The molecular weight excluding hydrogens is 515 g/mol. The van der Waals surface area contributed by atoms with Gasteiger partial charge in [0, 0.05) is 28.7 Å². The summed E-state index contributed by atoms with van der Waals surface area (Å²) in [5.74, 6) is -4.63. The maximum Gasteiger partial charge on any atom is 0.394 e. The molecule has 2 heterocycles. The van der Waals surface area contributed by atoms with Crippen molar-refractivity contribution in [3.63, 3.8) is 0 Å². The van der Waals surface area contributed by atoms with E-state index in [1.165, 1.54) is 10.7 Å². The molecule has 2 aromatic heterocycles. The highest BCUT2D eigenvalue weighted by atomic mass is 19.4. The lowest BCUT2D eigenvalue weighted by atomic mass is 9.34. The number of aromatic nitrogens is 3. The van der Waals surface area contributed by atoms with Crippen LogP contribution in [0.3, 0.4) is 0 Å². The van der Waals surface area contributed by atoms with Crippen LogP contribution in [0, 0.1) is 17.0 Å². The molecule has 5 N–H and O–H groups in total. The van der Waals surface area contributed by atoms with Crippen molar-refractivity contribution in [2.45, 2.75) is 57.2 Å². The maximum absolute atomic E-state index is 15.1. The molecule has 2 amide bonds. The normalized spacial score (nSPS) is 22.2. The van der Waals surface area contributed by atoms with Crippen LogP contribution in [0.1, 0.15) is 60.8 Å². The number of halogens is 5. The second-order valence-electron chi connectivity index (χ2n) is 10.3. The van der Waals surface area contributed by atoms with E-state index < -0.39 is 46.9 Å². The molecule has 3 fully saturated rings. The molecule has 0 radical (unpaired) electrons. The number of hydrogen-bond acceptors (Lipinski definition) is 6. The molecule has 3 aliphatic carbocycles. The van der Waals surface area contributed by atoms with Crippen molar-refractivity contribution in [3.05, 3.63) is 46.7 Å². The van der Waals surface area contributed by atoms with Crippen LogP contribution in [0.25, 0.3) is 11.3 Å². The Balaban J connectivity index is 1.30. The molecule has 0 unspecified atom stereocenters. The van der Waals surface area contributed by atoms with E-state index in [0.29, 0.717) is 5.69 Å². The van der Waals surface area contributed by atoms with E-state index in [4.69, 9.17) is 16.0 Å². The fourth-order valence-electron chi connectivity index (χ4n) is 5.48. The van der Waals surface area contributed by atoms with Gasteiger partial charge < -0.3 is 16.0 Å². The molecule has 3 aliphatic rings. The summed E-state index contributed by atoms with van der Waals surface area (Å²) >= 11 is 0. The number of carbonyl (C=O) groups excluding carboxylic acids is 2. The smallest absolute Gasteiger partial charge is 0.383 e. The molecule has 0 atom stereocenters. The molecule has 38 heavy (non-hydrogen) atoms. The number of amides is 2. The molecular formula is C24H23F5N6O3. The first-order valence-corrected chi connectivity index (χ1v) is 11.7. The van der Waals surface area contributed by atoms with Gasteiger partial charge in [0.2, 0.25) is 11.8 Å². The first-order valence-electron chi connectivity index (χ1n) is 11.7. The lowest BCUT2D eigenvalue weighted by molar-refractivity contribution is -0.338. The zero-order valence-corrected chi connectivity index (χ0v) is 20.2. The average molecular weight is 538 g/mol. The molecule has 9 nitrogen and oxygen atoms in total. The first-order chi connectivity index (χ1) is 17.7. The molecule has 0 spiro atoms. The molecule has 202 valence electrons. The minimum atomic E-state index is -4.27. The number of nitrogens with one attached hydrogen (secondary N) is 1. The molecule has 3 aromatic rings. The van der Waals surface area contributed by atoms with Crippen LogP contribution in [-0.4, -0.2) is 32.9 Å². The van der Waals surface area contributed by atoms with Crippen LogP contribution in [0.2, 0.25) is 0 Å². The summed E-state index contributed by atoms with van der Waals surface area (Å²) in [5, 5.41) is 10.3. The van der Waals surface area contributed by atoms with Gasteiger partial charge in [0.15, 0.2) is 11.6 Å². The number of benzene rings is 1. The number of nitrogens with two attached hydrogens (primary N) is 2. The Morgan fingerprint density at radius 3 is 2.42 bits per heavy atom. The van der Waals surface area contributed by atoms with Crippen LogP contribution in [0.4, 0.5) is 33.7 Å². The van der Waals surface area contributed by atoms with Crippen LogP contribution >= 0.6 is 0 Å². The summed E-state index contributed by atoms with van der Waals surface area (Å²) in [6.45, 7) is 3.45. The number of nitrogen functional groups attached to an aromatic ring is 1. The van der Waals surface area contributed by atoms with Crippen molar-refractivity contribution in [2.24, 2.45) is 11.1 Å². The summed E-state index contributed by atoms with van der Waals surface area (Å²) in [6.07, 6.45) is -5.12. The number of hydrogen-bond donors (Lipinski definition) is 3. The van der Waals surface area contributed by atoms with E-state index >= 15 is 4.39 Å². The van der Waals surface area contributed by atoms with Gasteiger partial charge in [0.1, 0.15) is 17.1 Å². The number of anilines is 2. The molecule has 1 aromatic carbocycles. The average Bonchev–Trinajstić information content (AvgIpc) is 3.33. The van der Waals surface area contributed by atoms with E-state index in [0.717, 1.165) is 12.1 Å². The van der Waals surface area contributed by atoms with Gasteiger partial charge in [-0.2, -0.15) is 18.3 Å². The topological polar surface area (TPSA) is 142 Å². The summed E-state index contributed by atoms with van der Waals surface area (Å²) in [4.78, 5) is 24.4. The highest BCUT2D eigenvalue weighted by Gasteiger charge is 2.79. The zero-order valence-electron chi connectivity index (χ0n) is 20.2. The first kappa shape index (κ1) is 25.7. The summed E-state index contributed by atoms with van der Waals surface area (Å²) in [5.41, 5.74) is 8.10. The Bertz CT molecular complexity index is 1450. The number of alkyl halides is 3. The molecule has 6 rings (SSSR count). The number of rotatable bonds is 7. The SMILES string of the molecule is CC(C)n1nc(-c2ccc(CC(=O)Nc3cc(C45CC(C(F)(F)F)(C4)C5)no3)c(F)c2F)c(C(N)=O)c1N. The van der Waals surface area contributed by atoms with Gasteiger partial charge in [-0.1, -0.05) is 11.2 Å². The molecule has 2 bridgehead atoms. The third kappa shape index (κ3) is 3.72. The van der Waals surface area contributed by atoms with Crippen LogP contribution in [0.5, 0.6) is 0 Å². The number of primary amides is 1. The monoisotopic (exact) mass is 538 g/mol. The summed E-state index contributed by atoms with van der Waals surface area (Å²) < 4.78 is 75.6. The van der Waals surface area contributed by atoms with Crippen molar-refractivity contribution in [3.8, 4) is 11.3 Å². The second-order valence-corrected chi connectivity index (χ2v) is 10.3. The fraction of sp³-hybridized carbons (Fsp3) is 0.417. The van der Waals surface area contributed by atoms with Crippen molar-refractivity contribution >= 4 is 23.5 Å². The van der Waals surface area contributed by atoms with E-state index in [1.54, 1.807) is 13.8 Å². The predicted molar refractivity (Wildman–Crippen MR) is 124 cm³/mol. The van der Waals surface area contributed by atoms with E-state index in [9.17, 15) is 27.2 Å². The highest BCUT2D eigenvalue weighted by Crippen LogP contribution is 2.78. The van der Waals surface area contributed by atoms with Gasteiger partial charge >= 0.3 is 6.18 Å². The summed E-state index contributed by atoms with van der Waals surface area (Å²) in [6, 6.07) is 3.37. The lowest BCUT2D eigenvalue weighted by Gasteiger charge is -2.69. The van der Waals surface area contributed by atoms with Gasteiger partial charge in [-0.05, 0) is 39.2 Å². The van der Waals surface area contributed by atoms with Gasteiger partial charge in [0.25, 0.3) is 5.91 Å². The third-order valence-corrected chi connectivity index (χ3v) is 7.40. The Morgan fingerprint density at radius 1 is 1.18 bits per heavy atom. The maximum atomic E-state index is 15.1. The van der Waals surface area contributed by atoms with Gasteiger partial charge in [-0.15, -0.1) is 0 Å². The quantitative estimate of drug-likeness (QED) is 0.384. The van der Waals surface area contributed by atoms with Gasteiger partial charge in [-0.3, -0.25) is 14.9 Å². The molecule has 3 saturated carbocycles. The van der Waals surface area contributed by atoms with Crippen LogP contribution in [-0.2, 0) is 16.6 Å². The van der Waals surface area contributed by atoms with Gasteiger partial charge in [-0.25, -0.2) is 13.5 Å². The second kappa shape index (κ2) is 8.27. The molecule has 0 saturated heterocycles. The van der Waals surface area contributed by atoms with Crippen molar-refractivity contribution in [2.75, 3.05) is 11.1 Å². The predicted octanol–water partition coefficient (Wildman–Crippen LogP) is 4.24. The minimum Gasteiger partial charge on any atom is -0.383 e. The lowest BCUT2D eigenvalue weighted by Crippen LogP contribution is -2.70. The van der Waals surface area contributed by atoms with Crippen molar-refractivity contribution in [1.82, 2.24) is 14.9 Å². The molecule has 14 heteroatoms. The van der Waals surface area contributed by atoms with Crippen LogP contribution < -0.4 is 16.8 Å². The Labute approximate surface area is 212 Å².